The lowest BCUT2D eigenvalue weighted by atomic mass is 10.1. The number of esters is 1. The molecule has 1 rings (SSSR count). The highest BCUT2D eigenvalue weighted by Gasteiger charge is 2.15. The molecule has 0 aliphatic rings. The Morgan fingerprint density at radius 1 is 1.60 bits per heavy atom. The van der Waals surface area contributed by atoms with Crippen LogP contribution in [0.25, 0.3) is 0 Å². The van der Waals surface area contributed by atoms with Gasteiger partial charge in [-0.25, -0.2) is 0 Å². The number of methoxy groups -OCH3 is 1. The standard InChI is InChI=1S/C10H10N2O2.ClH/c1-14-10(13)9(12)8-4-2-3-7(5-8)6-11;/h2-5,9H,12H2,1H3;1H/t9-;/m1./s1. The minimum Gasteiger partial charge on any atom is -0.468 e. The molecule has 0 aliphatic heterocycles. The van der Waals surface area contributed by atoms with Crippen molar-refractivity contribution in [2.75, 3.05) is 7.11 Å². The predicted octanol–water partition coefficient (Wildman–Crippen LogP) is 1.15. The first-order valence-corrected chi connectivity index (χ1v) is 4.02. The quantitative estimate of drug-likeness (QED) is 0.768. The normalized spacial score (nSPS) is 10.7. The van der Waals surface area contributed by atoms with E-state index in [-0.39, 0.29) is 12.4 Å². The molecule has 0 saturated carbocycles. The summed E-state index contributed by atoms with van der Waals surface area (Å²) in [6.45, 7) is 0. The molecule has 0 aromatic heterocycles. The Morgan fingerprint density at radius 3 is 2.80 bits per heavy atom. The largest absolute Gasteiger partial charge is 0.468 e. The van der Waals surface area contributed by atoms with Gasteiger partial charge in [-0.2, -0.15) is 5.26 Å². The third-order valence-corrected chi connectivity index (χ3v) is 1.83. The van der Waals surface area contributed by atoms with Crippen molar-refractivity contribution in [1.29, 1.82) is 5.26 Å². The highest BCUT2D eigenvalue weighted by molar-refractivity contribution is 5.85. The van der Waals surface area contributed by atoms with Gasteiger partial charge in [-0.1, -0.05) is 12.1 Å². The van der Waals surface area contributed by atoms with E-state index in [0.717, 1.165) is 0 Å². The Labute approximate surface area is 94.1 Å². The van der Waals surface area contributed by atoms with Gasteiger partial charge in [-0.05, 0) is 17.7 Å². The monoisotopic (exact) mass is 226 g/mol. The molecule has 4 nitrogen and oxygen atoms in total. The Hall–Kier alpha value is -1.57. The maximum atomic E-state index is 11.1. The van der Waals surface area contributed by atoms with Crippen molar-refractivity contribution in [3.8, 4) is 6.07 Å². The van der Waals surface area contributed by atoms with Gasteiger partial charge < -0.3 is 10.5 Å². The summed E-state index contributed by atoms with van der Waals surface area (Å²) in [6, 6.07) is 7.72. The van der Waals surface area contributed by atoms with Gasteiger partial charge in [-0.15, -0.1) is 12.4 Å². The highest BCUT2D eigenvalue weighted by Crippen LogP contribution is 2.13. The lowest BCUT2D eigenvalue weighted by Gasteiger charge is -2.08. The van der Waals surface area contributed by atoms with Gasteiger partial charge >= 0.3 is 5.97 Å². The number of hydrogen-bond donors (Lipinski definition) is 1. The molecule has 0 fully saturated rings. The Bertz CT molecular complexity index is 387. The van der Waals surface area contributed by atoms with Crippen LogP contribution < -0.4 is 5.73 Å². The van der Waals surface area contributed by atoms with E-state index < -0.39 is 12.0 Å². The minimum absolute atomic E-state index is 0. The molecule has 5 heteroatoms. The number of benzene rings is 1. The molecule has 0 unspecified atom stereocenters. The van der Waals surface area contributed by atoms with Gasteiger partial charge in [0.1, 0.15) is 6.04 Å². The fraction of sp³-hybridized carbons (Fsp3) is 0.200. The lowest BCUT2D eigenvalue weighted by molar-refractivity contribution is -0.142. The molecule has 0 heterocycles. The van der Waals surface area contributed by atoms with E-state index in [0.29, 0.717) is 11.1 Å². The van der Waals surface area contributed by atoms with E-state index in [4.69, 9.17) is 11.0 Å². The van der Waals surface area contributed by atoms with Crippen molar-refractivity contribution >= 4 is 18.4 Å². The van der Waals surface area contributed by atoms with Crippen LogP contribution >= 0.6 is 12.4 Å². The SMILES string of the molecule is COC(=O)[C@H](N)c1cccc(C#N)c1.Cl. The summed E-state index contributed by atoms with van der Waals surface area (Å²) in [7, 11) is 1.27. The second kappa shape index (κ2) is 6.02. The summed E-state index contributed by atoms with van der Waals surface area (Å²) in [4.78, 5) is 11.1. The smallest absolute Gasteiger partial charge is 0.327 e. The van der Waals surface area contributed by atoms with Crippen molar-refractivity contribution in [2.24, 2.45) is 5.73 Å². The van der Waals surface area contributed by atoms with Gasteiger partial charge in [0.15, 0.2) is 0 Å². The number of hydrogen-bond acceptors (Lipinski definition) is 4. The van der Waals surface area contributed by atoms with Crippen LogP contribution in [0.4, 0.5) is 0 Å². The number of nitrogens with zero attached hydrogens (tertiary/aromatic N) is 1. The number of rotatable bonds is 2. The molecule has 80 valence electrons. The van der Waals surface area contributed by atoms with Crippen LogP contribution in [0.15, 0.2) is 24.3 Å². The molecule has 1 aromatic rings. The zero-order valence-corrected chi connectivity index (χ0v) is 8.95. The Balaban J connectivity index is 0.00000196. The maximum Gasteiger partial charge on any atom is 0.327 e. The molecular formula is C10H11ClN2O2. The average molecular weight is 227 g/mol. The highest BCUT2D eigenvalue weighted by atomic mass is 35.5. The van der Waals surface area contributed by atoms with Crippen molar-refractivity contribution in [1.82, 2.24) is 0 Å². The van der Waals surface area contributed by atoms with Gasteiger partial charge in [0.2, 0.25) is 0 Å². The van der Waals surface area contributed by atoms with Gasteiger partial charge in [0.05, 0.1) is 18.7 Å². The first-order valence-electron chi connectivity index (χ1n) is 4.02. The molecule has 1 aromatic carbocycles. The maximum absolute atomic E-state index is 11.1. The summed E-state index contributed by atoms with van der Waals surface area (Å²) < 4.78 is 4.49. The van der Waals surface area contributed by atoms with Crippen LogP contribution in [0.2, 0.25) is 0 Å². The number of nitrogens with two attached hydrogens (primary N) is 1. The molecule has 0 spiro atoms. The average Bonchev–Trinajstić information content (AvgIpc) is 2.27. The lowest BCUT2D eigenvalue weighted by Crippen LogP contribution is -2.22. The molecule has 0 amide bonds. The molecule has 0 aliphatic carbocycles. The summed E-state index contributed by atoms with van der Waals surface area (Å²) in [5.41, 5.74) is 6.64. The molecule has 2 N–H and O–H groups in total. The van der Waals surface area contributed by atoms with Crippen molar-refractivity contribution < 1.29 is 9.53 Å². The van der Waals surface area contributed by atoms with E-state index in [9.17, 15) is 4.79 Å². The van der Waals surface area contributed by atoms with Crippen LogP contribution in [0.1, 0.15) is 17.2 Å². The van der Waals surface area contributed by atoms with Crippen LogP contribution in [-0.4, -0.2) is 13.1 Å². The molecule has 15 heavy (non-hydrogen) atoms. The van der Waals surface area contributed by atoms with E-state index in [1.54, 1.807) is 24.3 Å². The van der Waals surface area contributed by atoms with Gasteiger partial charge in [-0.3, -0.25) is 4.79 Å². The van der Waals surface area contributed by atoms with Crippen LogP contribution in [0.3, 0.4) is 0 Å². The number of halogens is 1. The van der Waals surface area contributed by atoms with Crippen LogP contribution in [0.5, 0.6) is 0 Å². The second-order valence-corrected chi connectivity index (χ2v) is 2.74. The zero-order valence-electron chi connectivity index (χ0n) is 8.14. The van der Waals surface area contributed by atoms with E-state index >= 15 is 0 Å². The summed E-state index contributed by atoms with van der Waals surface area (Å²) in [5, 5.41) is 8.63. The molecule has 0 saturated heterocycles. The molecule has 0 bridgehead atoms. The van der Waals surface area contributed by atoms with Crippen molar-refractivity contribution in [3.63, 3.8) is 0 Å². The zero-order chi connectivity index (χ0) is 10.6. The minimum atomic E-state index is -0.826. The predicted molar refractivity (Wildman–Crippen MR) is 57.3 cm³/mol. The van der Waals surface area contributed by atoms with E-state index in [2.05, 4.69) is 4.74 Å². The van der Waals surface area contributed by atoms with Gasteiger partial charge in [0, 0.05) is 0 Å². The number of ether oxygens (including phenoxy) is 1. The molecular weight excluding hydrogens is 216 g/mol. The fourth-order valence-corrected chi connectivity index (χ4v) is 1.06. The summed E-state index contributed by atoms with van der Waals surface area (Å²) >= 11 is 0. The summed E-state index contributed by atoms with van der Waals surface area (Å²) in [6.07, 6.45) is 0. The number of carbonyl (C=O) groups excluding carboxylic acids is 1. The Kier molecular flexibility index (Phi) is 5.39. The summed E-state index contributed by atoms with van der Waals surface area (Å²) in [5.74, 6) is -0.514. The molecule has 1 atom stereocenters. The topological polar surface area (TPSA) is 76.1 Å². The third kappa shape index (κ3) is 3.24. The molecule has 0 radical (unpaired) electrons. The van der Waals surface area contributed by atoms with Crippen molar-refractivity contribution in [3.05, 3.63) is 35.4 Å². The Morgan fingerprint density at radius 2 is 2.27 bits per heavy atom. The first-order chi connectivity index (χ1) is 6.69. The first kappa shape index (κ1) is 13.4. The third-order valence-electron chi connectivity index (χ3n) is 1.83. The van der Waals surface area contributed by atoms with Gasteiger partial charge in [0.25, 0.3) is 0 Å². The second-order valence-electron chi connectivity index (χ2n) is 2.74. The number of nitriles is 1. The van der Waals surface area contributed by atoms with E-state index in [1.807, 2.05) is 6.07 Å². The van der Waals surface area contributed by atoms with Crippen LogP contribution in [0, 0.1) is 11.3 Å². The van der Waals surface area contributed by atoms with Crippen molar-refractivity contribution in [2.45, 2.75) is 6.04 Å². The van der Waals surface area contributed by atoms with Crippen LogP contribution in [-0.2, 0) is 9.53 Å². The van der Waals surface area contributed by atoms with E-state index in [1.165, 1.54) is 7.11 Å². The fourth-order valence-electron chi connectivity index (χ4n) is 1.06. The number of carbonyl (C=O) groups is 1.